The zero-order valence-corrected chi connectivity index (χ0v) is 12.3. The summed E-state index contributed by atoms with van der Waals surface area (Å²) in [6.45, 7) is 6.55. The van der Waals surface area contributed by atoms with E-state index >= 15 is 0 Å². The van der Waals surface area contributed by atoms with Crippen LogP contribution in [0.3, 0.4) is 0 Å². The molecule has 0 bridgehead atoms. The predicted octanol–water partition coefficient (Wildman–Crippen LogP) is 1.50. The van der Waals surface area contributed by atoms with Crippen molar-refractivity contribution >= 4 is 17.8 Å². The van der Waals surface area contributed by atoms with Crippen molar-refractivity contribution in [3.8, 4) is 0 Å². The second-order valence-electron chi connectivity index (χ2n) is 6.31. The van der Waals surface area contributed by atoms with Crippen LogP contribution in [0.5, 0.6) is 0 Å². The van der Waals surface area contributed by atoms with Crippen LogP contribution in [0, 0.1) is 16.7 Å². The third-order valence-corrected chi connectivity index (χ3v) is 3.50. The van der Waals surface area contributed by atoms with Gasteiger partial charge in [0, 0.05) is 11.8 Å². The third kappa shape index (κ3) is 5.16. The predicted molar refractivity (Wildman–Crippen MR) is 70.1 cm³/mol. The molecule has 0 rings (SSSR count). The molecule has 4 N–H and O–H groups in total. The molecule has 0 aromatic carbocycles. The normalized spacial score (nSPS) is 13.7. The van der Waals surface area contributed by atoms with Crippen LogP contribution in [-0.4, -0.2) is 33.3 Å². The quantitative estimate of drug-likeness (QED) is 0.396. The van der Waals surface area contributed by atoms with E-state index in [1.807, 2.05) is 0 Å². The van der Waals surface area contributed by atoms with Gasteiger partial charge in [0.2, 0.25) is 5.91 Å². The molecule has 0 aliphatic heterocycles. The smallest absolute Gasteiger partial charge is 0.307 e. The van der Waals surface area contributed by atoms with Gasteiger partial charge in [0.05, 0.1) is 5.92 Å². The highest BCUT2D eigenvalue weighted by atomic mass is 16.5. The number of carboxylic acid groups (broad SMARTS) is 2. The minimum atomic E-state index is -1.09. The maximum atomic E-state index is 11.6. The summed E-state index contributed by atoms with van der Waals surface area (Å²) >= 11 is 0. The fraction of sp³-hybridized carbons (Fsp3) is 0.769. The van der Waals surface area contributed by atoms with Gasteiger partial charge in [-0.1, -0.05) is 27.7 Å². The lowest BCUT2D eigenvalue weighted by Crippen LogP contribution is -2.42. The summed E-state index contributed by atoms with van der Waals surface area (Å²) in [4.78, 5) is 33.5. The molecule has 0 aromatic rings. The molecule has 0 radical (unpaired) electrons. The summed E-state index contributed by atoms with van der Waals surface area (Å²) in [6.07, 6.45) is -0.0511. The molecule has 0 aliphatic carbocycles. The molecule has 0 saturated carbocycles. The number of carbonyl (C=O) groups is 3. The van der Waals surface area contributed by atoms with E-state index in [9.17, 15) is 19.5 Å². The molecule has 7 heteroatoms. The Morgan fingerprint density at radius 2 is 1.60 bits per heavy atom. The standard InChI is InChI=1S/C13H23NO6/c1-12(2,7-13(3,4)11(19)14-20)8(10(17)18)5-6-9(15)16/h8,20H,5-7H2,1-4H3,(H,14,19)(H,15,16)(H,17,18). The summed E-state index contributed by atoms with van der Waals surface area (Å²) in [7, 11) is 0. The van der Waals surface area contributed by atoms with E-state index in [1.165, 1.54) is 0 Å². The van der Waals surface area contributed by atoms with Gasteiger partial charge in [-0.05, 0) is 18.3 Å². The van der Waals surface area contributed by atoms with Crippen molar-refractivity contribution < 1.29 is 29.8 Å². The highest BCUT2D eigenvalue weighted by molar-refractivity contribution is 5.81. The van der Waals surface area contributed by atoms with Crippen LogP contribution in [0.4, 0.5) is 0 Å². The summed E-state index contributed by atoms with van der Waals surface area (Å²) in [5, 5.41) is 26.6. The average Bonchev–Trinajstić information content (AvgIpc) is 2.24. The van der Waals surface area contributed by atoms with E-state index in [0.29, 0.717) is 0 Å². The summed E-state index contributed by atoms with van der Waals surface area (Å²) in [5.41, 5.74) is -0.192. The molecule has 1 atom stereocenters. The molecule has 0 saturated heterocycles. The Hall–Kier alpha value is -1.63. The van der Waals surface area contributed by atoms with E-state index in [-0.39, 0.29) is 19.3 Å². The zero-order chi connectivity index (χ0) is 16.1. The number of hydroxylamine groups is 1. The number of nitrogens with one attached hydrogen (secondary N) is 1. The van der Waals surface area contributed by atoms with Crippen LogP contribution in [0.15, 0.2) is 0 Å². The summed E-state index contributed by atoms with van der Waals surface area (Å²) in [5.74, 6) is -3.63. The Labute approximate surface area is 117 Å². The topological polar surface area (TPSA) is 124 Å². The number of aliphatic carboxylic acids is 2. The lowest BCUT2D eigenvalue weighted by molar-refractivity contribution is -0.150. The minimum Gasteiger partial charge on any atom is -0.481 e. The number of hydrogen-bond acceptors (Lipinski definition) is 4. The van der Waals surface area contributed by atoms with Crippen molar-refractivity contribution in [2.45, 2.75) is 47.0 Å². The number of carboxylic acids is 2. The Bertz CT molecular complexity index is 388. The fourth-order valence-corrected chi connectivity index (χ4v) is 2.61. The number of carbonyl (C=O) groups excluding carboxylic acids is 1. The first-order chi connectivity index (χ1) is 8.94. The van der Waals surface area contributed by atoms with E-state index in [0.717, 1.165) is 0 Å². The highest BCUT2D eigenvalue weighted by Gasteiger charge is 2.42. The summed E-state index contributed by atoms with van der Waals surface area (Å²) < 4.78 is 0. The van der Waals surface area contributed by atoms with Crippen molar-refractivity contribution in [1.82, 2.24) is 5.48 Å². The van der Waals surface area contributed by atoms with Crippen molar-refractivity contribution in [1.29, 1.82) is 0 Å². The van der Waals surface area contributed by atoms with Crippen molar-refractivity contribution in [3.63, 3.8) is 0 Å². The average molecular weight is 289 g/mol. The van der Waals surface area contributed by atoms with Crippen LogP contribution < -0.4 is 5.48 Å². The van der Waals surface area contributed by atoms with Gasteiger partial charge in [-0.15, -0.1) is 0 Å². The van der Waals surface area contributed by atoms with Gasteiger partial charge in [-0.2, -0.15) is 0 Å². The second-order valence-corrected chi connectivity index (χ2v) is 6.31. The third-order valence-electron chi connectivity index (χ3n) is 3.50. The zero-order valence-electron chi connectivity index (χ0n) is 12.3. The maximum Gasteiger partial charge on any atom is 0.307 e. The fourth-order valence-electron chi connectivity index (χ4n) is 2.61. The SMILES string of the molecule is CC(C)(CC(C)(C)C(CCC(=O)O)C(=O)O)C(=O)NO. The van der Waals surface area contributed by atoms with Crippen molar-refractivity contribution in [2.24, 2.45) is 16.7 Å². The summed E-state index contributed by atoms with van der Waals surface area (Å²) in [6, 6.07) is 0. The Balaban J connectivity index is 5.08. The molecule has 1 unspecified atom stereocenters. The van der Waals surface area contributed by atoms with E-state index in [1.54, 1.807) is 33.2 Å². The molecule has 0 spiro atoms. The number of amides is 1. The van der Waals surface area contributed by atoms with Crippen molar-refractivity contribution in [2.75, 3.05) is 0 Å². The van der Waals surface area contributed by atoms with Gasteiger partial charge in [0.1, 0.15) is 0 Å². The van der Waals surface area contributed by atoms with Crippen LogP contribution in [0.25, 0.3) is 0 Å². The molecular formula is C13H23NO6. The molecule has 0 aliphatic rings. The van der Waals surface area contributed by atoms with Gasteiger partial charge in [-0.25, -0.2) is 5.48 Å². The monoisotopic (exact) mass is 289 g/mol. The molecule has 116 valence electrons. The lowest BCUT2D eigenvalue weighted by Gasteiger charge is -2.37. The maximum absolute atomic E-state index is 11.6. The molecule has 20 heavy (non-hydrogen) atoms. The first-order valence-corrected chi connectivity index (χ1v) is 6.33. The van der Waals surface area contributed by atoms with Gasteiger partial charge in [-0.3, -0.25) is 19.6 Å². The Morgan fingerprint density at radius 3 is 1.95 bits per heavy atom. The number of rotatable bonds is 8. The van der Waals surface area contributed by atoms with Gasteiger partial charge < -0.3 is 10.2 Å². The van der Waals surface area contributed by atoms with E-state index in [4.69, 9.17) is 10.3 Å². The number of hydrogen-bond donors (Lipinski definition) is 4. The molecule has 0 fully saturated rings. The van der Waals surface area contributed by atoms with Crippen LogP contribution >= 0.6 is 0 Å². The Morgan fingerprint density at radius 1 is 1.10 bits per heavy atom. The minimum absolute atomic E-state index is 0.00547. The molecule has 1 amide bonds. The molecule has 0 aromatic heterocycles. The molecular weight excluding hydrogens is 266 g/mol. The van der Waals surface area contributed by atoms with E-state index in [2.05, 4.69) is 0 Å². The molecule has 0 heterocycles. The first kappa shape index (κ1) is 18.4. The van der Waals surface area contributed by atoms with Gasteiger partial charge >= 0.3 is 11.9 Å². The Kier molecular flexibility index (Phi) is 6.15. The largest absolute Gasteiger partial charge is 0.481 e. The van der Waals surface area contributed by atoms with Gasteiger partial charge in [0.15, 0.2) is 0 Å². The lowest BCUT2D eigenvalue weighted by atomic mass is 9.66. The van der Waals surface area contributed by atoms with Crippen LogP contribution in [-0.2, 0) is 14.4 Å². The van der Waals surface area contributed by atoms with E-state index < -0.39 is 34.6 Å². The molecule has 7 nitrogen and oxygen atoms in total. The van der Waals surface area contributed by atoms with Crippen LogP contribution in [0.1, 0.15) is 47.0 Å². The van der Waals surface area contributed by atoms with Crippen LogP contribution in [0.2, 0.25) is 0 Å². The van der Waals surface area contributed by atoms with Gasteiger partial charge in [0.25, 0.3) is 0 Å². The first-order valence-electron chi connectivity index (χ1n) is 6.33. The second kappa shape index (κ2) is 6.69. The highest BCUT2D eigenvalue weighted by Crippen LogP contribution is 2.41. The van der Waals surface area contributed by atoms with Crippen molar-refractivity contribution in [3.05, 3.63) is 0 Å².